The van der Waals surface area contributed by atoms with Crippen LogP contribution in [-0.2, 0) is 19.5 Å². The highest BCUT2D eigenvalue weighted by atomic mass is 32.1. The Hall–Kier alpha value is -2.41. The topological polar surface area (TPSA) is 79.6 Å². The molecule has 0 unspecified atom stereocenters. The van der Waals surface area contributed by atoms with Crippen molar-refractivity contribution in [2.75, 3.05) is 7.05 Å². The van der Waals surface area contributed by atoms with Gasteiger partial charge in [0.25, 0.3) is 5.69 Å². The average Bonchev–Trinajstić information content (AvgIpc) is 3.03. The van der Waals surface area contributed by atoms with Gasteiger partial charge in [-0.05, 0) is 24.1 Å². The molecule has 23 heavy (non-hydrogen) atoms. The molecule has 0 aliphatic carbocycles. The summed E-state index contributed by atoms with van der Waals surface area (Å²) in [7, 11) is 1.72. The first-order chi connectivity index (χ1) is 11.1. The average molecular weight is 332 g/mol. The Labute approximate surface area is 139 Å². The first-order valence-electron chi connectivity index (χ1n) is 7.37. The molecule has 0 spiro atoms. The van der Waals surface area contributed by atoms with Gasteiger partial charge in [-0.25, -0.2) is 0 Å². The highest BCUT2D eigenvalue weighted by Gasteiger charge is 2.05. The molecular formula is C16H20N4O2S. The maximum atomic E-state index is 10.6. The molecule has 0 amide bonds. The van der Waals surface area contributed by atoms with Gasteiger partial charge in [0, 0.05) is 35.5 Å². The summed E-state index contributed by atoms with van der Waals surface area (Å²) in [4.78, 5) is 17.0. The minimum absolute atomic E-state index is 0.0979. The summed E-state index contributed by atoms with van der Waals surface area (Å²) in [6.07, 6.45) is 1.05. The maximum absolute atomic E-state index is 10.6. The van der Waals surface area contributed by atoms with Crippen molar-refractivity contribution in [1.82, 2.24) is 10.6 Å². The van der Waals surface area contributed by atoms with E-state index < -0.39 is 4.92 Å². The molecule has 6 nitrogen and oxygen atoms in total. The number of hydrogen-bond acceptors (Lipinski definition) is 4. The van der Waals surface area contributed by atoms with Crippen molar-refractivity contribution in [3.05, 3.63) is 61.8 Å². The lowest BCUT2D eigenvalue weighted by Gasteiger charge is -2.11. The first kappa shape index (κ1) is 17.0. The Morgan fingerprint density at radius 1 is 1.13 bits per heavy atom. The van der Waals surface area contributed by atoms with Gasteiger partial charge in [0.05, 0.1) is 11.5 Å². The lowest BCUT2D eigenvalue weighted by molar-refractivity contribution is -0.384. The zero-order chi connectivity index (χ0) is 16.7. The van der Waals surface area contributed by atoms with Crippen molar-refractivity contribution in [1.29, 1.82) is 0 Å². The van der Waals surface area contributed by atoms with Gasteiger partial charge in [-0.1, -0.05) is 19.1 Å². The number of rotatable bonds is 6. The van der Waals surface area contributed by atoms with Crippen molar-refractivity contribution >= 4 is 23.0 Å². The van der Waals surface area contributed by atoms with Gasteiger partial charge in [-0.15, -0.1) is 11.3 Å². The first-order valence-corrected chi connectivity index (χ1v) is 8.19. The minimum atomic E-state index is -0.400. The van der Waals surface area contributed by atoms with Crippen LogP contribution in [0.1, 0.15) is 22.2 Å². The zero-order valence-corrected chi connectivity index (χ0v) is 14.0. The molecule has 2 N–H and O–H groups in total. The third-order valence-electron chi connectivity index (χ3n) is 3.33. The number of benzene rings is 1. The number of non-ortho nitro benzene ring substituents is 1. The van der Waals surface area contributed by atoms with Crippen LogP contribution in [0.5, 0.6) is 0 Å². The second-order valence-electron chi connectivity index (χ2n) is 4.92. The summed E-state index contributed by atoms with van der Waals surface area (Å²) < 4.78 is 0. The number of nitrogens with zero attached hydrogens (tertiary/aromatic N) is 2. The summed E-state index contributed by atoms with van der Waals surface area (Å²) in [5.74, 6) is 0.704. The van der Waals surface area contributed by atoms with Crippen LogP contribution in [-0.4, -0.2) is 17.9 Å². The lowest BCUT2D eigenvalue weighted by atomic mass is 10.2. The molecule has 7 heteroatoms. The molecule has 1 aromatic heterocycles. The molecule has 1 aromatic carbocycles. The molecule has 0 saturated carbocycles. The normalized spacial score (nSPS) is 11.3. The van der Waals surface area contributed by atoms with Crippen molar-refractivity contribution in [3.8, 4) is 0 Å². The third kappa shape index (κ3) is 5.07. The molecule has 0 atom stereocenters. The van der Waals surface area contributed by atoms with Gasteiger partial charge < -0.3 is 10.6 Å². The van der Waals surface area contributed by atoms with E-state index in [1.165, 1.54) is 21.9 Å². The summed E-state index contributed by atoms with van der Waals surface area (Å²) >= 11 is 1.79. The molecule has 122 valence electrons. The number of nitrogens with one attached hydrogen (secondary N) is 2. The summed E-state index contributed by atoms with van der Waals surface area (Å²) in [5, 5.41) is 17.1. The molecule has 0 saturated heterocycles. The highest BCUT2D eigenvalue weighted by Crippen LogP contribution is 2.16. The van der Waals surface area contributed by atoms with E-state index in [1.807, 2.05) is 0 Å². The molecule has 0 radical (unpaired) electrons. The Morgan fingerprint density at radius 2 is 1.78 bits per heavy atom. The van der Waals surface area contributed by atoms with E-state index in [0.29, 0.717) is 12.5 Å². The van der Waals surface area contributed by atoms with Crippen LogP contribution >= 0.6 is 11.3 Å². The van der Waals surface area contributed by atoms with E-state index in [1.54, 1.807) is 30.5 Å². The van der Waals surface area contributed by atoms with Gasteiger partial charge in [-0.2, -0.15) is 0 Å². The minimum Gasteiger partial charge on any atom is -0.352 e. The fourth-order valence-electron chi connectivity index (χ4n) is 2.02. The predicted molar refractivity (Wildman–Crippen MR) is 93.8 cm³/mol. The molecule has 0 aliphatic heterocycles. The number of nitro benzene ring substituents is 1. The molecule has 2 aromatic rings. The number of guanidine groups is 1. The zero-order valence-electron chi connectivity index (χ0n) is 13.2. The summed E-state index contributed by atoms with van der Waals surface area (Å²) in [6, 6.07) is 10.8. The largest absolute Gasteiger partial charge is 0.352 e. The Kier molecular flexibility index (Phi) is 6.10. The van der Waals surface area contributed by atoms with E-state index in [0.717, 1.165) is 18.5 Å². The predicted octanol–water partition coefficient (Wildman–Crippen LogP) is 3.08. The quantitative estimate of drug-likeness (QED) is 0.369. The van der Waals surface area contributed by atoms with E-state index >= 15 is 0 Å². The number of aliphatic imine (C=N–C) groups is 1. The van der Waals surface area contributed by atoms with Gasteiger partial charge in [0.15, 0.2) is 5.96 Å². The number of thiophene rings is 1. The Morgan fingerprint density at radius 3 is 2.35 bits per heavy atom. The van der Waals surface area contributed by atoms with Crippen LogP contribution < -0.4 is 10.6 Å². The fraction of sp³-hybridized carbons (Fsp3) is 0.312. The van der Waals surface area contributed by atoms with Crippen LogP contribution in [0.15, 0.2) is 41.4 Å². The monoisotopic (exact) mass is 332 g/mol. The maximum Gasteiger partial charge on any atom is 0.269 e. The van der Waals surface area contributed by atoms with Crippen molar-refractivity contribution in [2.45, 2.75) is 26.4 Å². The van der Waals surface area contributed by atoms with E-state index in [9.17, 15) is 10.1 Å². The van der Waals surface area contributed by atoms with Gasteiger partial charge >= 0.3 is 0 Å². The molecular weight excluding hydrogens is 312 g/mol. The SMILES string of the molecule is CCc1ccc(CNC(=NC)NCc2ccc([N+](=O)[O-])cc2)s1. The number of aryl methyl sites for hydroxylation is 1. The fourth-order valence-corrected chi connectivity index (χ4v) is 2.92. The van der Waals surface area contributed by atoms with Gasteiger partial charge in [0.1, 0.15) is 0 Å². The molecule has 0 bridgehead atoms. The molecule has 0 fully saturated rings. The highest BCUT2D eigenvalue weighted by molar-refractivity contribution is 7.11. The Bertz CT molecular complexity index is 680. The smallest absolute Gasteiger partial charge is 0.269 e. The second kappa shape index (κ2) is 8.28. The third-order valence-corrected chi connectivity index (χ3v) is 4.56. The van der Waals surface area contributed by atoms with Crippen molar-refractivity contribution in [3.63, 3.8) is 0 Å². The summed E-state index contributed by atoms with van der Waals surface area (Å²) in [6.45, 7) is 3.43. The molecule has 2 rings (SSSR count). The van der Waals surface area contributed by atoms with Crippen LogP contribution in [0.2, 0.25) is 0 Å². The molecule has 0 aliphatic rings. The van der Waals surface area contributed by atoms with Crippen LogP contribution in [0.25, 0.3) is 0 Å². The number of nitro groups is 1. The van der Waals surface area contributed by atoms with Gasteiger partial charge in [-0.3, -0.25) is 15.1 Å². The molecule has 1 heterocycles. The van der Waals surface area contributed by atoms with Gasteiger partial charge in [0.2, 0.25) is 0 Å². The number of hydrogen-bond donors (Lipinski definition) is 2. The second-order valence-corrected chi connectivity index (χ2v) is 6.18. The van der Waals surface area contributed by atoms with E-state index in [4.69, 9.17) is 0 Å². The standard InChI is InChI=1S/C16H20N4O2S/c1-3-14-8-9-15(23-14)11-19-16(17-2)18-10-12-4-6-13(7-5-12)20(21)22/h4-9H,3,10-11H2,1-2H3,(H2,17,18,19). The van der Waals surface area contributed by atoms with Crippen molar-refractivity contribution in [2.24, 2.45) is 4.99 Å². The summed E-state index contributed by atoms with van der Waals surface area (Å²) in [5.41, 5.74) is 1.06. The van der Waals surface area contributed by atoms with Crippen LogP contribution in [0.4, 0.5) is 5.69 Å². The Balaban J connectivity index is 1.83. The van der Waals surface area contributed by atoms with Crippen LogP contribution in [0, 0.1) is 10.1 Å². The van der Waals surface area contributed by atoms with Crippen molar-refractivity contribution < 1.29 is 4.92 Å². The van der Waals surface area contributed by atoms with E-state index in [2.05, 4.69) is 34.7 Å². The lowest BCUT2D eigenvalue weighted by Crippen LogP contribution is -2.36. The van der Waals surface area contributed by atoms with Crippen LogP contribution in [0.3, 0.4) is 0 Å². The van der Waals surface area contributed by atoms with E-state index in [-0.39, 0.29) is 5.69 Å².